The van der Waals surface area contributed by atoms with Gasteiger partial charge in [0.15, 0.2) is 0 Å². The quantitative estimate of drug-likeness (QED) is 0.451. The minimum atomic E-state index is 0.513. The first kappa shape index (κ1) is 8.87. The second-order valence-electron chi connectivity index (χ2n) is 2.42. The summed E-state index contributed by atoms with van der Waals surface area (Å²) in [7, 11) is 0. The molecular formula is C7H13NO2S. The lowest BCUT2D eigenvalue weighted by Gasteiger charge is -2.25. The summed E-state index contributed by atoms with van der Waals surface area (Å²) in [4.78, 5) is 12.1. The van der Waals surface area contributed by atoms with Crippen LogP contribution in [0.3, 0.4) is 0 Å². The average Bonchev–Trinajstić information content (AvgIpc) is 2.07. The van der Waals surface area contributed by atoms with E-state index in [9.17, 15) is 4.79 Å². The zero-order valence-corrected chi connectivity index (χ0v) is 7.31. The molecule has 0 unspecified atom stereocenters. The number of nitrogens with zero attached hydrogens (tertiary/aromatic N) is 1. The molecule has 4 heteroatoms. The highest BCUT2D eigenvalue weighted by atomic mass is 32.2. The van der Waals surface area contributed by atoms with Crippen LogP contribution in [0.5, 0.6) is 0 Å². The molecule has 0 aromatic heterocycles. The van der Waals surface area contributed by atoms with Gasteiger partial charge in [-0.25, -0.2) is 0 Å². The van der Waals surface area contributed by atoms with E-state index in [0.29, 0.717) is 13.1 Å². The fraction of sp³-hybridized carbons (Fsp3) is 0.857. The molecule has 0 aromatic carbocycles. The maximum absolute atomic E-state index is 9.80. The standard InChI is InChI=1S/C7H13NO2S/c9-7-10-4-1-8-2-5-11-6-3-8/h7H,1-6H2. The molecule has 0 aromatic rings. The number of rotatable bonds is 4. The minimum absolute atomic E-state index is 0.513. The molecule has 1 aliphatic rings. The molecule has 11 heavy (non-hydrogen) atoms. The number of carbonyl (C=O) groups is 1. The summed E-state index contributed by atoms with van der Waals surface area (Å²) < 4.78 is 4.61. The van der Waals surface area contributed by atoms with Crippen LogP contribution in [-0.4, -0.2) is 49.1 Å². The Morgan fingerprint density at radius 2 is 2.18 bits per heavy atom. The van der Waals surface area contributed by atoms with E-state index in [4.69, 9.17) is 0 Å². The smallest absolute Gasteiger partial charge is 0.293 e. The Labute approximate surface area is 71.1 Å². The van der Waals surface area contributed by atoms with Crippen molar-refractivity contribution >= 4 is 18.2 Å². The second kappa shape index (κ2) is 5.43. The third kappa shape index (κ3) is 3.62. The molecule has 0 bridgehead atoms. The lowest BCUT2D eigenvalue weighted by molar-refractivity contribution is -0.129. The van der Waals surface area contributed by atoms with Crippen molar-refractivity contribution in [3.8, 4) is 0 Å². The number of thioether (sulfide) groups is 1. The third-order valence-corrected chi connectivity index (χ3v) is 2.64. The monoisotopic (exact) mass is 175 g/mol. The molecular weight excluding hydrogens is 162 g/mol. The maximum Gasteiger partial charge on any atom is 0.293 e. The van der Waals surface area contributed by atoms with Gasteiger partial charge in [-0.3, -0.25) is 9.69 Å². The third-order valence-electron chi connectivity index (χ3n) is 1.70. The second-order valence-corrected chi connectivity index (χ2v) is 3.65. The number of carbonyl (C=O) groups excluding carboxylic acids is 1. The lowest BCUT2D eigenvalue weighted by Crippen LogP contribution is -2.35. The molecule has 64 valence electrons. The van der Waals surface area contributed by atoms with Crippen LogP contribution in [0.25, 0.3) is 0 Å². The van der Waals surface area contributed by atoms with E-state index in [1.165, 1.54) is 11.5 Å². The predicted octanol–water partition coefficient (Wildman–Crippen LogP) is 0.208. The summed E-state index contributed by atoms with van der Waals surface area (Å²) in [5, 5.41) is 0. The van der Waals surface area contributed by atoms with Gasteiger partial charge in [-0.15, -0.1) is 0 Å². The molecule has 1 fully saturated rings. The molecule has 0 atom stereocenters. The van der Waals surface area contributed by atoms with Crippen LogP contribution >= 0.6 is 11.8 Å². The SMILES string of the molecule is O=COCCN1CCSCC1. The zero-order valence-electron chi connectivity index (χ0n) is 6.49. The summed E-state index contributed by atoms with van der Waals surface area (Å²) in [6.07, 6.45) is 0. The largest absolute Gasteiger partial charge is 0.467 e. The van der Waals surface area contributed by atoms with Gasteiger partial charge < -0.3 is 4.74 Å². The summed E-state index contributed by atoms with van der Waals surface area (Å²) >= 11 is 1.99. The van der Waals surface area contributed by atoms with E-state index in [1.807, 2.05) is 11.8 Å². The Hall–Kier alpha value is -0.220. The Balaban J connectivity index is 2.00. The van der Waals surface area contributed by atoms with Crippen LogP contribution < -0.4 is 0 Å². The van der Waals surface area contributed by atoms with Crippen molar-refractivity contribution in [2.75, 3.05) is 37.7 Å². The minimum Gasteiger partial charge on any atom is -0.467 e. The lowest BCUT2D eigenvalue weighted by atomic mass is 10.5. The molecule has 1 heterocycles. The van der Waals surface area contributed by atoms with Gasteiger partial charge in [0.2, 0.25) is 0 Å². The molecule has 0 N–H and O–H groups in total. The maximum atomic E-state index is 9.80. The summed E-state index contributed by atoms with van der Waals surface area (Å²) in [6.45, 7) is 4.20. The molecule has 0 radical (unpaired) electrons. The molecule has 1 saturated heterocycles. The summed E-state index contributed by atoms with van der Waals surface area (Å²) in [5.41, 5.74) is 0. The highest BCUT2D eigenvalue weighted by Gasteiger charge is 2.08. The fourth-order valence-corrected chi connectivity index (χ4v) is 2.03. The summed E-state index contributed by atoms with van der Waals surface area (Å²) in [6, 6.07) is 0. The number of hydrogen-bond acceptors (Lipinski definition) is 4. The van der Waals surface area contributed by atoms with Gasteiger partial charge in [0.05, 0.1) is 0 Å². The van der Waals surface area contributed by atoms with E-state index in [2.05, 4.69) is 9.64 Å². The van der Waals surface area contributed by atoms with Crippen molar-refractivity contribution in [2.45, 2.75) is 0 Å². The van der Waals surface area contributed by atoms with Gasteiger partial charge in [-0.05, 0) is 0 Å². The highest BCUT2D eigenvalue weighted by Crippen LogP contribution is 2.07. The Kier molecular flexibility index (Phi) is 4.38. The van der Waals surface area contributed by atoms with Gasteiger partial charge in [0.1, 0.15) is 6.61 Å². The van der Waals surface area contributed by atoms with Crippen molar-refractivity contribution in [3.05, 3.63) is 0 Å². The van der Waals surface area contributed by atoms with Crippen LogP contribution in [0.4, 0.5) is 0 Å². The van der Waals surface area contributed by atoms with Gasteiger partial charge in [-0.2, -0.15) is 11.8 Å². The van der Waals surface area contributed by atoms with Crippen molar-refractivity contribution in [1.82, 2.24) is 4.90 Å². The van der Waals surface area contributed by atoms with E-state index in [1.54, 1.807) is 0 Å². The highest BCUT2D eigenvalue weighted by molar-refractivity contribution is 7.99. The molecule has 0 saturated carbocycles. The van der Waals surface area contributed by atoms with E-state index >= 15 is 0 Å². The van der Waals surface area contributed by atoms with Crippen molar-refractivity contribution < 1.29 is 9.53 Å². The number of ether oxygens (including phenoxy) is 1. The van der Waals surface area contributed by atoms with Crippen molar-refractivity contribution in [2.24, 2.45) is 0 Å². The van der Waals surface area contributed by atoms with Crippen LogP contribution in [-0.2, 0) is 9.53 Å². The van der Waals surface area contributed by atoms with E-state index < -0.39 is 0 Å². The summed E-state index contributed by atoms with van der Waals surface area (Å²) in [5.74, 6) is 2.42. The van der Waals surface area contributed by atoms with E-state index in [0.717, 1.165) is 19.6 Å². The fourth-order valence-electron chi connectivity index (χ4n) is 1.05. The molecule has 0 spiro atoms. The van der Waals surface area contributed by atoms with Gasteiger partial charge in [-0.1, -0.05) is 0 Å². The van der Waals surface area contributed by atoms with Gasteiger partial charge in [0.25, 0.3) is 6.47 Å². The van der Waals surface area contributed by atoms with Crippen molar-refractivity contribution in [3.63, 3.8) is 0 Å². The zero-order chi connectivity index (χ0) is 7.94. The molecule has 0 amide bonds. The molecule has 0 aliphatic carbocycles. The Morgan fingerprint density at radius 1 is 1.45 bits per heavy atom. The molecule has 1 aliphatic heterocycles. The topological polar surface area (TPSA) is 29.5 Å². The van der Waals surface area contributed by atoms with Crippen LogP contribution in [0.15, 0.2) is 0 Å². The first-order chi connectivity index (χ1) is 5.43. The predicted molar refractivity (Wildman–Crippen MR) is 45.8 cm³/mol. The first-order valence-corrected chi connectivity index (χ1v) is 4.94. The van der Waals surface area contributed by atoms with Crippen LogP contribution in [0, 0.1) is 0 Å². The van der Waals surface area contributed by atoms with Crippen LogP contribution in [0.2, 0.25) is 0 Å². The Morgan fingerprint density at radius 3 is 2.82 bits per heavy atom. The Bertz CT molecular complexity index is 115. The normalized spacial score (nSPS) is 19.6. The number of hydrogen-bond donors (Lipinski definition) is 0. The average molecular weight is 175 g/mol. The molecule has 3 nitrogen and oxygen atoms in total. The van der Waals surface area contributed by atoms with Crippen molar-refractivity contribution in [1.29, 1.82) is 0 Å². The first-order valence-electron chi connectivity index (χ1n) is 3.79. The van der Waals surface area contributed by atoms with Gasteiger partial charge in [0, 0.05) is 31.1 Å². The molecule has 1 rings (SSSR count). The van der Waals surface area contributed by atoms with Crippen LogP contribution in [0.1, 0.15) is 0 Å². The van der Waals surface area contributed by atoms with E-state index in [-0.39, 0.29) is 0 Å². The van der Waals surface area contributed by atoms with Gasteiger partial charge >= 0.3 is 0 Å².